The van der Waals surface area contributed by atoms with Crippen LogP contribution in [0.2, 0.25) is 0 Å². The average Bonchev–Trinajstić information content (AvgIpc) is 3.49. The third-order valence-corrected chi connectivity index (χ3v) is 5.50. The van der Waals surface area contributed by atoms with Crippen molar-refractivity contribution in [1.29, 1.82) is 0 Å². The first-order chi connectivity index (χ1) is 14.7. The van der Waals surface area contributed by atoms with Crippen LogP contribution in [0.1, 0.15) is 28.6 Å². The highest BCUT2D eigenvalue weighted by Crippen LogP contribution is 2.33. The van der Waals surface area contributed by atoms with Gasteiger partial charge in [0, 0.05) is 23.8 Å². The van der Waals surface area contributed by atoms with Gasteiger partial charge >= 0.3 is 0 Å². The van der Waals surface area contributed by atoms with Gasteiger partial charge in [-0.2, -0.15) is 5.10 Å². The molecule has 1 N–H and O–H groups in total. The fourth-order valence-electron chi connectivity index (χ4n) is 4.01. The van der Waals surface area contributed by atoms with E-state index in [0.717, 1.165) is 17.7 Å². The van der Waals surface area contributed by atoms with Crippen LogP contribution in [0.5, 0.6) is 0 Å². The van der Waals surface area contributed by atoms with E-state index >= 15 is 0 Å². The number of aromatic nitrogens is 2. The molecule has 150 valence electrons. The summed E-state index contributed by atoms with van der Waals surface area (Å²) in [5.74, 6) is 0.0572. The van der Waals surface area contributed by atoms with E-state index in [0.29, 0.717) is 24.0 Å². The molecule has 1 unspecified atom stereocenters. The number of rotatable bonds is 5. The molecule has 2 aromatic heterocycles. The molecule has 6 nitrogen and oxygen atoms in total. The average molecular weight is 398 g/mol. The number of fused-ring (bicyclic) bond motifs is 1. The summed E-state index contributed by atoms with van der Waals surface area (Å²) in [5, 5.41) is 7.22. The summed E-state index contributed by atoms with van der Waals surface area (Å²) < 4.78 is 7.28. The lowest BCUT2D eigenvalue weighted by Gasteiger charge is -2.24. The van der Waals surface area contributed by atoms with Crippen molar-refractivity contribution in [3.05, 3.63) is 96.2 Å². The van der Waals surface area contributed by atoms with E-state index in [9.17, 15) is 4.79 Å². The highest BCUT2D eigenvalue weighted by atomic mass is 16.3. The Morgan fingerprint density at radius 1 is 1.13 bits per heavy atom. The van der Waals surface area contributed by atoms with Gasteiger partial charge in [-0.05, 0) is 43.2 Å². The highest BCUT2D eigenvalue weighted by molar-refractivity contribution is 6.03. The molecule has 1 aliphatic heterocycles. The van der Waals surface area contributed by atoms with E-state index in [4.69, 9.17) is 4.42 Å². The molecule has 6 heteroatoms. The molecule has 0 fully saturated rings. The molecule has 0 aliphatic carbocycles. The third-order valence-electron chi connectivity index (χ3n) is 5.50. The van der Waals surface area contributed by atoms with Gasteiger partial charge in [0.2, 0.25) is 0 Å². The van der Waals surface area contributed by atoms with E-state index in [1.54, 1.807) is 23.3 Å². The topological polar surface area (TPSA) is 63.3 Å². The summed E-state index contributed by atoms with van der Waals surface area (Å²) in [6.07, 6.45) is 6.00. The Bertz CT molecular complexity index is 1180. The molecule has 3 heterocycles. The number of carbonyl (C=O) groups is 1. The highest BCUT2D eigenvalue weighted by Gasteiger charge is 2.27. The van der Waals surface area contributed by atoms with Gasteiger partial charge in [-0.3, -0.25) is 4.79 Å². The van der Waals surface area contributed by atoms with Crippen molar-refractivity contribution in [1.82, 2.24) is 9.78 Å². The van der Waals surface area contributed by atoms with Crippen LogP contribution < -0.4 is 10.2 Å². The van der Waals surface area contributed by atoms with Crippen LogP contribution in [0.25, 0.3) is 5.69 Å². The molecule has 0 radical (unpaired) electrons. The summed E-state index contributed by atoms with van der Waals surface area (Å²) in [5.41, 5.74) is 4.98. The van der Waals surface area contributed by atoms with Gasteiger partial charge in [0.1, 0.15) is 0 Å². The van der Waals surface area contributed by atoms with Crippen molar-refractivity contribution < 1.29 is 9.21 Å². The Kier molecular flexibility index (Phi) is 4.59. The lowest BCUT2D eigenvalue weighted by Crippen LogP contribution is -2.29. The van der Waals surface area contributed by atoms with Gasteiger partial charge in [-0.15, -0.1) is 0 Å². The number of hydrogen-bond donors (Lipinski definition) is 1. The maximum atomic E-state index is 12.9. The minimum absolute atomic E-state index is 0.275. The predicted octanol–water partition coefficient (Wildman–Crippen LogP) is 4.67. The molecule has 1 atom stereocenters. The monoisotopic (exact) mass is 398 g/mol. The standard InChI is InChI=1S/C24H22N4O2/c1-17-13-18-7-5-6-10-22(18)27(17)15-19-11-12-30-23(19)24(29)26-20-14-25-28(16-20)21-8-3-2-4-9-21/h2-12,14,16-17H,13,15H2,1H3,(H,26,29). The molecule has 0 spiro atoms. The first-order valence-electron chi connectivity index (χ1n) is 10.0. The Labute approximate surface area is 174 Å². The van der Waals surface area contributed by atoms with Gasteiger partial charge in [-0.1, -0.05) is 36.4 Å². The van der Waals surface area contributed by atoms with Gasteiger partial charge in [0.25, 0.3) is 5.91 Å². The van der Waals surface area contributed by atoms with Gasteiger partial charge in [0.05, 0.1) is 30.0 Å². The maximum absolute atomic E-state index is 12.9. The molecule has 1 aliphatic rings. The summed E-state index contributed by atoms with van der Waals surface area (Å²) in [6.45, 7) is 2.83. The second-order valence-corrected chi connectivity index (χ2v) is 7.55. The Balaban J connectivity index is 1.33. The van der Waals surface area contributed by atoms with E-state index in [2.05, 4.69) is 46.5 Å². The van der Waals surface area contributed by atoms with Crippen molar-refractivity contribution in [3.8, 4) is 5.69 Å². The molecule has 0 saturated heterocycles. The lowest BCUT2D eigenvalue weighted by molar-refractivity contribution is 0.0995. The lowest BCUT2D eigenvalue weighted by atomic mass is 10.1. The molecular weight excluding hydrogens is 376 g/mol. The molecule has 2 aromatic carbocycles. The number of nitrogens with one attached hydrogen (secondary N) is 1. The van der Waals surface area contributed by atoms with Crippen LogP contribution in [0.4, 0.5) is 11.4 Å². The summed E-state index contributed by atoms with van der Waals surface area (Å²) >= 11 is 0. The molecule has 0 bridgehead atoms. The smallest absolute Gasteiger partial charge is 0.291 e. The molecule has 0 saturated carbocycles. The van der Waals surface area contributed by atoms with Crippen LogP contribution >= 0.6 is 0 Å². The van der Waals surface area contributed by atoms with E-state index < -0.39 is 0 Å². The van der Waals surface area contributed by atoms with Crippen molar-refractivity contribution in [3.63, 3.8) is 0 Å². The van der Waals surface area contributed by atoms with Crippen LogP contribution in [-0.4, -0.2) is 21.7 Å². The number of anilines is 2. The van der Waals surface area contributed by atoms with Gasteiger partial charge in [0.15, 0.2) is 5.76 Å². The van der Waals surface area contributed by atoms with Crippen molar-refractivity contribution in [2.75, 3.05) is 10.2 Å². The first kappa shape index (κ1) is 18.2. The van der Waals surface area contributed by atoms with Gasteiger partial charge in [-0.25, -0.2) is 4.68 Å². The van der Waals surface area contributed by atoms with Crippen LogP contribution in [0, 0.1) is 0 Å². The van der Waals surface area contributed by atoms with Crippen molar-refractivity contribution >= 4 is 17.3 Å². The normalized spacial score (nSPS) is 15.2. The molecule has 5 rings (SSSR count). The van der Waals surface area contributed by atoms with E-state index in [1.165, 1.54) is 11.3 Å². The van der Waals surface area contributed by atoms with Crippen molar-refractivity contribution in [2.45, 2.75) is 25.9 Å². The zero-order chi connectivity index (χ0) is 20.5. The molecule has 30 heavy (non-hydrogen) atoms. The minimum atomic E-state index is -0.275. The number of nitrogens with zero attached hydrogens (tertiary/aromatic N) is 3. The number of benzene rings is 2. The molecule has 4 aromatic rings. The zero-order valence-electron chi connectivity index (χ0n) is 16.7. The zero-order valence-corrected chi connectivity index (χ0v) is 16.7. The quantitative estimate of drug-likeness (QED) is 0.531. The Morgan fingerprint density at radius 2 is 1.93 bits per heavy atom. The number of para-hydroxylation sites is 2. The summed E-state index contributed by atoms with van der Waals surface area (Å²) in [6, 6.07) is 20.4. The first-order valence-corrected chi connectivity index (χ1v) is 10.0. The second kappa shape index (κ2) is 7.55. The predicted molar refractivity (Wildman–Crippen MR) is 116 cm³/mol. The van der Waals surface area contributed by atoms with Gasteiger partial charge < -0.3 is 14.6 Å². The molecule has 1 amide bonds. The number of carbonyl (C=O) groups excluding carboxylic acids is 1. The van der Waals surface area contributed by atoms with Crippen LogP contribution in [0.15, 0.2) is 83.7 Å². The second-order valence-electron chi connectivity index (χ2n) is 7.55. The van der Waals surface area contributed by atoms with Crippen molar-refractivity contribution in [2.24, 2.45) is 0 Å². The minimum Gasteiger partial charge on any atom is -0.459 e. The number of furan rings is 1. The summed E-state index contributed by atoms with van der Waals surface area (Å²) in [4.78, 5) is 15.2. The fraction of sp³-hybridized carbons (Fsp3) is 0.167. The van der Waals surface area contributed by atoms with E-state index in [-0.39, 0.29) is 5.91 Å². The Morgan fingerprint density at radius 3 is 2.80 bits per heavy atom. The van der Waals surface area contributed by atoms with Crippen LogP contribution in [-0.2, 0) is 13.0 Å². The van der Waals surface area contributed by atoms with E-state index in [1.807, 2.05) is 36.4 Å². The SMILES string of the molecule is CC1Cc2ccccc2N1Cc1ccoc1C(=O)Nc1cnn(-c2ccccc2)c1. The number of amides is 1. The largest absolute Gasteiger partial charge is 0.459 e. The fourth-order valence-corrected chi connectivity index (χ4v) is 4.01. The maximum Gasteiger partial charge on any atom is 0.291 e. The molecular formula is C24H22N4O2. The Hall–Kier alpha value is -3.80. The third kappa shape index (κ3) is 3.37. The summed E-state index contributed by atoms with van der Waals surface area (Å²) in [7, 11) is 0. The van der Waals surface area contributed by atoms with Crippen LogP contribution in [0.3, 0.4) is 0 Å². The number of hydrogen-bond acceptors (Lipinski definition) is 4.